The largest absolute Gasteiger partial charge is 0.319 e. The van der Waals surface area contributed by atoms with Crippen molar-refractivity contribution in [2.45, 2.75) is 24.4 Å². The zero-order valence-electron chi connectivity index (χ0n) is 8.76. The van der Waals surface area contributed by atoms with Crippen molar-refractivity contribution < 1.29 is 4.39 Å². The van der Waals surface area contributed by atoms with E-state index in [2.05, 4.69) is 27.3 Å². The van der Waals surface area contributed by atoms with Crippen LogP contribution in [0.5, 0.6) is 0 Å². The van der Waals surface area contributed by atoms with Gasteiger partial charge in [0.25, 0.3) is 0 Å². The topological polar surface area (TPSA) is 12.0 Å². The summed E-state index contributed by atoms with van der Waals surface area (Å²) in [5.74, 6) is 0. The molecule has 82 valence electrons. The molecular weight excluding hydrogens is 257 g/mol. The van der Waals surface area contributed by atoms with Crippen LogP contribution in [0.25, 0.3) is 0 Å². The van der Waals surface area contributed by atoms with Crippen molar-refractivity contribution in [3.8, 4) is 0 Å². The maximum Gasteiger partial charge on any atom is 0.102 e. The third-order valence-corrected chi connectivity index (χ3v) is 3.88. The molecule has 1 fully saturated rings. The zero-order chi connectivity index (χ0) is 10.9. The summed E-state index contributed by atoms with van der Waals surface area (Å²) in [5, 5.41) is 3.17. The van der Waals surface area contributed by atoms with Gasteiger partial charge in [0.1, 0.15) is 6.17 Å². The maximum absolute atomic E-state index is 13.1. The van der Waals surface area contributed by atoms with Crippen LogP contribution in [0.15, 0.2) is 28.7 Å². The molecule has 0 bridgehead atoms. The van der Waals surface area contributed by atoms with Gasteiger partial charge in [0.2, 0.25) is 0 Å². The van der Waals surface area contributed by atoms with Gasteiger partial charge >= 0.3 is 0 Å². The molecule has 1 nitrogen and oxygen atoms in total. The first-order valence-electron chi connectivity index (χ1n) is 5.22. The first kappa shape index (κ1) is 11.1. The Labute approximate surface area is 98.2 Å². The van der Waals surface area contributed by atoms with Gasteiger partial charge in [-0.3, -0.25) is 0 Å². The van der Waals surface area contributed by atoms with Gasteiger partial charge in [0, 0.05) is 16.4 Å². The normalized spacial score (nSPS) is 29.9. The maximum atomic E-state index is 13.1. The van der Waals surface area contributed by atoms with Crippen molar-refractivity contribution >= 4 is 15.9 Å². The van der Waals surface area contributed by atoms with Crippen LogP contribution in [0.4, 0.5) is 4.39 Å². The van der Waals surface area contributed by atoms with Crippen LogP contribution in [0.1, 0.15) is 18.4 Å². The molecule has 1 N–H and O–H groups in total. The molecule has 0 radical (unpaired) electrons. The van der Waals surface area contributed by atoms with Gasteiger partial charge in [-0.25, -0.2) is 4.39 Å². The van der Waals surface area contributed by atoms with Crippen LogP contribution in [-0.4, -0.2) is 19.8 Å². The third-order valence-electron chi connectivity index (χ3n) is 3.18. The van der Waals surface area contributed by atoms with Gasteiger partial charge in [0.15, 0.2) is 0 Å². The SMILES string of the molecule is CNCC1(c2ccccc2Br)CC(F)C1. The molecule has 15 heavy (non-hydrogen) atoms. The van der Waals surface area contributed by atoms with E-state index in [9.17, 15) is 4.39 Å². The first-order chi connectivity index (χ1) is 7.18. The average molecular weight is 272 g/mol. The smallest absolute Gasteiger partial charge is 0.102 e. The highest BCUT2D eigenvalue weighted by Crippen LogP contribution is 2.47. The molecule has 1 aromatic carbocycles. The minimum absolute atomic E-state index is 0.00569. The number of benzene rings is 1. The quantitative estimate of drug-likeness (QED) is 0.891. The lowest BCUT2D eigenvalue weighted by molar-refractivity contribution is 0.0935. The van der Waals surface area contributed by atoms with E-state index in [1.54, 1.807) is 0 Å². The Kier molecular flexibility index (Phi) is 3.12. The van der Waals surface area contributed by atoms with Crippen molar-refractivity contribution in [3.63, 3.8) is 0 Å². The number of likely N-dealkylation sites (N-methyl/N-ethyl adjacent to an activating group) is 1. The number of rotatable bonds is 3. The van der Waals surface area contributed by atoms with Gasteiger partial charge in [-0.1, -0.05) is 34.1 Å². The predicted octanol–water partition coefficient (Wildman–Crippen LogP) is 3.04. The molecule has 1 aromatic rings. The summed E-state index contributed by atoms with van der Waals surface area (Å²) in [6, 6.07) is 8.13. The molecule has 0 atom stereocenters. The van der Waals surface area contributed by atoms with Gasteiger partial charge in [-0.05, 0) is 31.5 Å². The molecule has 0 amide bonds. The second kappa shape index (κ2) is 4.22. The minimum Gasteiger partial charge on any atom is -0.319 e. The molecule has 1 aliphatic carbocycles. The fourth-order valence-corrected chi connectivity index (χ4v) is 3.18. The Hall–Kier alpha value is -0.410. The molecule has 0 unspecified atom stereocenters. The van der Waals surface area contributed by atoms with E-state index in [4.69, 9.17) is 0 Å². The molecule has 3 heteroatoms. The average Bonchev–Trinajstić information content (AvgIpc) is 2.16. The number of hydrogen-bond donors (Lipinski definition) is 1. The number of nitrogens with one attached hydrogen (secondary N) is 1. The molecular formula is C12H15BrFN. The van der Waals surface area contributed by atoms with Crippen LogP contribution in [-0.2, 0) is 5.41 Å². The zero-order valence-corrected chi connectivity index (χ0v) is 10.3. The minimum atomic E-state index is -0.634. The van der Waals surface area contributed by atoms with Crippen LogP contribution in [0.3, 0.4) is 0 Å². The van der Waals surface area contributed by atoms with E-state index in [-0.39, 0.29) is 5.41 Å². The Morgan fingerprint density at radius 3 is 2.67 bits per heavy atom. The van der Waals surface area contributed by atoms with Gasteiger partial charge in [0.05, 0.1) is 0 Å². The van der Waals surface area contributed by atoms with E-state index in [0.29, 0.717) is 12.8 Å². The Morgan fingerprint density at radius 2 is 2.13 bits per heavy atom. The number of hydrogen-bond acceptors (Lipinski definition) is 1. The van der Waals surface area contributed by atoms with Crippen molar-refractivity contribution in [1.29, 1.82) is 0 Å². The van der Waals surface area contributed by atoms with Crippen molar-refractivity contribution in [1.82, 2.24) is 5.32 Å². The van der Waals surface area contributed by atoms with Gasteiger partial charge in [-0.2, -0.15) is 0 Å². The standard InChI is InChI=1S/C12H15BrFN/c1-15-8-12(6-9(14)7-12)10-4-2-3-5-11(10)13/h2-5,9,15H,6-8H2,1H3. The Morgan fingerprint density at radius 1 is 1.47 bits per heavy atom. The summed E-state index contributed by atoms with van der Waals surface area (Å²) in [6.07, 6.45) is 0.637. The Bertz CT molecular complexity index is 342. The summed E-state index contributed by atoms with van der Waals surface area (Å²) < 4.78 is 14.2. The monoisotopic (exact) mass is 271 g/mol. The summed E-state index contributed by atoms with van der Waals surface area (Å²) in [6.45, 7) is 0.843. The van der Waals surface area contributed by atoms with Crippen molar-refractivity contribution in [3.05, 3.63) is 34.3 Å². The number of halogens is 2. The van der Waals surface area contributed by atoms with E-state index in [1.807, 2.05) is 25.2 Å². The molecule has 1 saturated carbocycles. The van der Waals surface area contributed by atoms with Crippen LogP contribution >= 0.6 is 15.9 Å². The molecule has 1 aliphatic rings. The summed E-state index contributed by atoms with van der Waals surface area (Å²) >= 11 is 3.55. The van der Waals surface area contributed by atoms with Crippen LogP contribution < -0.4 is 5.32 Å². The lowest BCUT2D eigenvalue weighted by atomic mass is 9.63. The Balaban J connectivity index is 2.30. The fourth-order valence-electron chi connectivity index (χ4n) is 2.48. The highest BCUT2D eigenvalue weighted by atomic mass is 79.9. The molecule has 0 saturated heterocycles. The molecule has 0 aliphatic heterocycles. The van der Waals surface area contributed by atoms with Crippen LogP contribution in [0.2, 0.25) is 0 Å². The fraction of sp³-hybridized carbons (Fsp3) is 0.500. The highest BCUT2D eigenvalue weighted by molar-refractivity contribution is 9.10. The summed E-state index contributed by atoms with van der Waals surface area (Å²) in [7, 11) is 1.92. The molecule has 2 rings (SSSR count). The second-order valence-corrected chi connectivity index (χ2v) is 5.15. The van der Waals surface area contributed by atoms with Crippen LogP contribution in [0, 0.1) is 0 Å². The summed E-state index contributed by atoms with van der Waals surface area (Å²) in [4.78, 5) is 0. The molecule has 0 heterocycles. The van der Waals surface area contributed by atoms with E-state index < -0.39 is 6.17 Å². The molecule has 0 aromatic heterocycles. The first-order valence-corrected chi connectivity index (χ1v) is 6.01. The van der Waals surface area contributed by atoms with Crippen molar-refractivity contribution in [2.24, 2.45) is 0 Å². The van der Waals surface area contributed by atoms with E-state index in [0.717, 1.165) is 11.0 Å². The van der Waals surface area contributed by atoms with E-state index in [1.165, 1.54) is 5.56 Å². The van der Waals surface area contributed by atoms with Crippen molar-refractivity contribution in [2.75, 3.05) is 13.6 Å². The van der Waals surface area contributed by atoms with Gasteiger partial charge in [-0.15, -0.1) is 0 Å². The summed E-state index contributed by atoms with van der Waals surface area (Å²) in [5.41, 5.74) is 1.22. The third kappa shape index (κ3) is 1.95. The predicted molar refractivity (Wildman–Crippen MR) is 63.9 cm³/mol. The number of alkyl halides is 1. The van der Waals surface area contributed by atoms with Gasteiger partial charge < -0.3 is 5.32 Å². The van der Waals surface area contributed by atoms with E-state index >= 15 is 0 Å². The lowest BCUT2D eigenvalue weighted by Crippen LogP contribution is -2.49. The second-order valence-electron chi connectivity index (χ2n) is 4.30. The lowest BCUT2D eigenvalue weighted by Gasteiger charge is -2.45. The molecule has 0 spiro atoms. The highest BCUT2D eigenvalue weighted by Gasteiger charge is 2.46.